The molecule has 236 valence electrons. The Morgan fingerprint density at radius 1 is 0.422 bits per heavy atom. The molecule has 0 bridgehead atoms. The van der Waals surface area contributed by atoms with E-state index in [4.69, 9.17) is 0 Å². The van der Waals surface area contributed by atoms with Crippen molar-refractivity contribution in [3.8, 4) is 0 Å². The van der Waals surface area contributed by atoms with Crippen LogP contribution in [0.4, 0.5) is 65.9 Å². The van der Waals surface area contributed by atoms with Crippen molar-refractivity contribution >= 4 is 34.1 Å². The molecular formula is C27H10BF15N2. The Bertz CT molecular complexity index is 1720. The Morgan fingerprint density at radius 3 is 1.00 bits per heavy atom. The highest BCUT2D eigenvalue weighted by molar-refractivity contribution is 6.95. The van der Waals surface area contributed by atoms with Gasteiger partial charge in [0.15, 0.2) is 87.3 Å². The average Bonchev–Trinajstić information content (AvgIpc) is 3.46. The SMILES string of the molecule is Cc1cc2nc[nH]c2cc1C.Fc1c(F)c(F)c(B(c2c(F)c(F)c(F)c(F)c2F)c2c(F)c(F)c(F)c(F)c2F)c(F)c1F. The Morgan fingerprint density at radius 2 is 0.689 bits per heavy atom. The van der Waals surface area contributed by atoms with Gasteiger partial charge in [0.2, 0.25) is 0 Å². The monoisotopic (exact) mass is 658 g/mol. The molecular weight excluding hydrogens is 648 g/mol. The Balaban J connectivity index is 0.000000348. The number of H-pyrrole nitrogens is 1. The van der Waals surface area contributed by atoms with Gasteiger partial charge in [-0.25, -0.2) is 70.8 Å². The van der Waals surface area contributed by atoms with Gasteiger partial charge in [0.05, 0.1) is 17.4 Å². The molecule has 1 heterocycles. The van der Waals surface area contributed by atoms with Crippen molar-refractivity contribution in [1.82, 2.24) is 9.97 Å². The van der Waals surface area contributed by atoms with Crippen molar-refractivity contribution in [3.63, 3.8) is 0 Å². The number of hydrogen-bond acceptors (Lipinski definition) is 1. The molecule has 0 saturated heterocycles. The normalized spacial score (nSPS) is 11.2. The number of aryl methyl sites for hydroxylation is 2. The van der Waals surface area contributed by atoms with E-state index in [-0.39, 0.29) is 0 Å². The predicted octanol–water partition coefficient (Wildman–Crippen LogP) is 6.47. The second kappa shape index (κ2) is 12.0. The van der Waals surface area contributed by atoms with E-state index in [1.54, 1.807) is 6.33 Å². The maximum atomic E-state index is 14.4. The Kier molecular flexibility index (Phi) is 8.90. The van der Waals surface area contributed by atoms with Crippen molar-refractivity contribution in [2.24, 2.45) is 0 Å². The number of nitrogens with zero attached hydrogens (tertiary/aromatic N) is 1. The first kappa shape index (κ1) is 33.3. The van der Waals surface area contributed by atoms with Crippen LogP contribution in [0.25, 0.3) is 11.0 Å². The molecule has 1 aromatic heterocycles. The first-order valence-corrected chi connectivity index (χ1v) is 11.9. The van der Waals surface area contributed by atoms with Gasteiger partial charge in [-0.3, -0.25) is 0 Å². The number of rotatable bonds is 3. The van der Waals surface area contributed by atoms with E-state index in [1.807, 2.05) is 0 Å². The van der Waals surface area contributed by atoms with Gasteiger partial charge >= 0.3 is 0 Å². The van der Waals surface area contributed by atoms with E-state index in [1.165, 1.54) is 11.1 Å². The molecule has 5 rings (SSSR count). The van der Waals surface area contributed by atoms with E-state index < -0.39 is 110 Å². The number of aromatic nitrogens is 2. The van der Waals surface area contributed by atoms with E-state index >= 15 is 0 Å². The largest absolute Gasteiger partial charge is 0.345 e. The molecule has 4 aromatic carbocycles. The molecule has 0 atom stereocenters. The molecule has 0 aliphatic heterocycles. The van der Waals surface area contributed by atoms with Gasteiger partial charge in [-0.2, -0.15) is 0 Å². The second-order valence-electron chi connectivity index (χ2n) is 9.24. The molecule has 0 radical (unpaired) electrons. The van der Waals surface area contributed by atoms with Gasteiger partial charge in [-0.15, -0.1) is 0 Å². The van der Waals surface area contributed by atoms with Gasteiger partial charge in [-0.05, 0) is 37.1 Å². The van der Waals surface area contributed by atoms with Crippen LogP contribution in [0.2, 0.25) is 0 Å². The minimum absolute atomic E-state index is 1.05. The van der Waals surface area contributed by atoms with E-state index in [9.17, 15) is 65.9 Å². The highest BCUT2D eigenvalue weighted by atomic mass is 19.2. The summed E-state index contributed by atoms with van der Waals surface area (Å²) in [7, 11) is 0. The summed E-state index contributed by atoms with van der Waals surface area (Å²) in [5, 5.41) is 0. The molecule has 0 saturated carbocycles. The minimum atomic E-state index is -3.96. The molecule has 0 aliphatic rings. The number of imidazole rings is 1. The molecule has 0 spiro atoms. The number of aromatic amines is 1. The molecule has 0 amide bonds. The van der Waals surface area contributed by atoms with Gasteiger partial charge < -0.3 is 4.98 Å². The summed E-state index contributed by atoms with van der Waals surface area (Å²) in [4.78, 5) is 7.24. The van der Waals surface area contributed by atoms with Crippen LogP contribution in [-0.4, -0.2) is 16.7 Å². The number of fused-ring (bicyclic) bond motifs is 1. The van der Waals surface area contributed by atoms with Gasteiger partial charge in [0.25, 0.3) is 6.71 Å². The summed E-state index contributed by atoms with van der Waals surface area (Å²) in [5.41, 5.74) is -3.26. The summed E-state index contributed by atoms with van der Waals surface area (Å²) in [6.45, 7) is 0.248. The topological polar surface area (TPSA) is 28.7 Å². The molecule has 45 heavy (non-hydrogen) atoms. The highest BCUT2D eigenvalue weighted by Gasteiger charge is 2.45. The predicted molar refractivity (Wildman–Crippen MR) is 129 cm³/mol. The smallest absolute Gasteiger partial charge is 0.265 e. The van der Waals surface area contributed by atoms with Gasteiger partial charge in [0.1, 0.15) is 0 Å². The molecule has 18 heteroatoms. The van der Waals surface area contributed by atoms with Crippen LogP contribution < -0.4 is 16.4 Å². The summed E-state index contributed by atoms with van der Waals surface area (Å²) in [5.74, 6) is -45.2. The van der Waals surface area contributed by atoms with Crippen molar-refractivity contribution < 1.29 is 65.9 Å². The van der Waals surface area contributed by atoms with Crippen molar-refractivity contribution in [2.45, 2.75) is 13.8 Å². The molecule has 2 nitrogen and oxygen atoms in total. The number of benzene rings is 4. The van der Waals surface area contributed by atoms with Crippen LogP contribution in [0.3, 0.4) is 0 Å². The average molecular weight is 658 g/mol. The van der Waals surface area contributed by atoms with Crippen LogP contribution in [0.15, 0.2) is 18.5 Å². The molecule has 5 aromatic rings. The quantitative estimate of drug-likeness (QED) is 0.103. The number of halogens is 15. The Hall–Kier alpha value is -4.64. The zero-order valence-corrected chi connectivity index (χ0v) is 21.9. The van der Waals surface area contributed by atoms with E-state index in [2.05, 4.69) is 35.9 Å². The lowest BCUT2D eigenvalue weighted by Gasteiger charge is -2.21. The summed E-state index contributed by atoms with van der Waals surface area (Å²) < 4.78 is 209. The lowest BCUT2D eigenvalue weighted by Crippen LogP contribution is -2.60. The zero-order chi connectivity index (χ0) is 33.8. The fourth-order valence-electron chi connectivity index (χ4n) is 4.25. The van der Waals surface area contributed by atoms with Crippen LogP contribution in [0.1, 0.15) is 11.1 Å². The second-order valence-corrected chi connectivity index (χ2v) is 9.24. The minimum Gasteiger partial charge on any atom is -0.345 e. The first-order chi connectivity index (χ1) is 20.9. The van der Waals surface area contributed by atoms with Crippen LogP contribution in [-0.2, 0) is 0 Å². The molecule has 1 N–H and O–H groups in total. The fourth-order valence-corrected chi connectivity index (χ4v) is 4.25. The van der Waals surface area contributed by atoms with Crippen LogP contribution in [0, 0.1) is 101 Å². The maximum Gasteiger partial charge on any atom is 0.265 e. The third-order valence-corrected chi connectivity index (χ3v) is 6.63. The van der Waals surface area contributed by atoms with Crippen molar-refractivity contribution in [1.29, 1.82) is 0 Å². The van der Waals surface area contributed by atoms with Crippen molar-refractivity contribution in [3.05, 3.63) is 117 Å². The fraction of sp³-hybridized carbons (Fsp3) is 0.0741. The van der Waals surface area contributed by atoms with Crippen LogP contribution >= 0.6 is 0 Å². The standard InChI is InChI=1S/C18BF15.C9H10N2/c20-4-1(5(21)11(27)16(32)10(4)26)19(2-6(22)12(28)17(33)13(29)7(2)23)3-8(24)14(30)18(34)15(31)9(3)25;1-6-3-8-9(4-7(6)2)11-5-10-8/h;3-5H,1-2H3,(H,10,11). The third-order valence-electron chi connectivity index (χ3n) is 6.63. The summed E-state index contributed by atoms with van der Waals surface area (Å²) in [6.07, 6.45) is 1.73. The van der Waals surface area contributed by atoms with E-state index in [0.29, 0.717) is 0 Å². The molecule has 0 unspecified atom stereocenters. The third kappa shape index (κ3) is 5.35. The lowest BCUT2D eigenvalue weighted by atomic mass is 9.36. The highest BCUT2D eigenvalue weighted by Crippen LogP contribution is 2.23. The molecule has 0 aliphatic carbocycles. The summed E-state index contributed by atoms with van der Waals surface area (Å²) >= 11 is 0. The number of nitrogens with one attached hydrogen (secondary N) is 1. The van der Waals surface area contributed by atoms with Gasteiger partial charge in [-0.1, -0.05) is 0 Å². The first-order valence-electron chi connectivity index (χ1n) is 11.9. The van der Waals surface area contributed by atoms with Crippen molar-refractivity contribution in [2.75, 3.05) is 0 Å². The lowest BCUT2D eigenvalue weighted by molar-refractivity contribution is 0.380. The van der Waals surface area contributed by atoms with E-state index in [0.717, 1.165) is 11.0 Å². The number of hydrogen-bond donors (Lipinski definition) is 1. The van der Waals surface area contributed by atoms with Crippen LogP contribution in [0.5, 0.6) is 0 Å². The Labute approximate surface area is 241 Å². The molecule has 0 fully saturated rings. The van der Waals surface area contributed by atoms with Gasteiger partial charge in [0, 0.05) is 16.4 Å². The maximum absolute atomic E-state index is 14.4. The summed E-state index contributed by atoms with van der Waals surface area (Å²) in [6, 6.07) is 4.22. The zero-order valence-electron chi connectivity index (χ0n) is 21.9.